The van der Waals surface area contributed by atoms with Gasteiger partial charge in [0, 0.05) is 52.0 Å². The molecule has 0 aromatic carbocycles. The Balaban J connectivity index is 6.02. The molecule has 0 saturated heterocycles. The summed E-state index contributed by atoms with van der Waals surface area (Å²) in [6.45, 7) is 15.9. The number of ether oxygens (including phenoxy) is 2. The SMILES string of the molecule is C#CC#CC#CC#CC#CC#CC[C@@H](CCCCCCC)CCOC[C@H](COP(=O)(OCC=C)OCCCNC(=O)NCCOP(=O)(OCC=C)OC[C@@H](COCC[C@@H](CC#CC#CC#CC#CC#CC#C)CCCCCCC)NC(=O)CCCCCCCCCCCCC)NC(=O)CCCCCCCCCCCCC. The number of nitrogens with one attached hydrogen (secondary N) is 4. The van der Waals surface area contributed by atoms with Crippen molar-refractivity contribution in [2.24, 2.45) is 11.8 Å². The second-order valence-electron chi connectivity index (χ2n) is 27.1. The van der Waals surface area contributed by atoms with Crippen LogP contribution < -0.4 is 21.3 Å². The molecule has 0 radical (unpaired) electrons. The van der Waals surface area contributed by atoms with Gasteiger partial charge in [0.1, 0.15) is 0 Å². The summed E-state index contributed by atoms with van der Waals surface area (Å²) in [5.41, 5.74) is 0. The van der Waals surface area contributed by atoms with Gasteiger partial charge >= 0.3 is 21.7 Å². The van der Waals surface area contributed by atoms with E-state index < -0.39 is 33.8 Å². The summed E-state index contributed by atoms with van der Waals surface area (Å²) < 4.78 is 75.1. The number of carbonyl (C=O) groups is 3. The van der Waals surface area contributed by atoms with Crippen LogP contribution in [0.2, 0.25) is 0 Å². The molecular weight excluding hydrogens is 1430 g/mol. The highest BCUT2D eigenvalue weighted by Gasteiger charge is 2.30. The number of amides is 4. The van der Waals surface area contributed by atoms with E-state index in [-0.39, 0.29) is 96.0 Å². The Hall–Kier alpha value is -7.45. The molecule has 0 aliphatic heterocycles. The first-order valence-electron chi connectivity index (χ1n) is 41.3. The van der Waals surface area contributed by atoms with E-state index in [4.69, 9.17) is 49.5 Å². The van der Waals surface area contributed by atoms with Crippen LogP contribution in [0.1, 0.15) is 291 Å². The van der Waals surface area contributed by atoms with E-state index in [9.17, 15) is 23.5 Å². The van der Waals surface area contributed by atoms with Gasteiger partial charge in [0.15, 0.2) is 0 Å². The summed E-state index contributed by atoms with van der Waals surface area (Å²) in [6, 6.07) is -1.97. The second-order valence-corrected chi connectivity index (χ2v) is 30.5. The van der Waals surface area contributed by atoms with Crippen LogP contribution in [0.5, 0.6) is 0 Å². The van der Waals surface area contributed by atoms with Crippen molar-refractivity contribution in [2.75, 3.05) is 79.2 Å². The predicted molar refractivity (Wildman–Crippen MR) is 453 cm³/mol. The van der Waals surface area contributed by atoms with E-state index in [0.717, 1.165) is 109 Å². The van der Waals surface area contributed by atoms with Crippen molar-refractivity contribution >= 4 is 33.5 Å². The van der Waals surface area contributed by atoms with E-state index in [1.54, 1.807) is 0 Å². The molecule has 4 N–H and O–H groups in total. The standard InChI is InChI=1S/C92H134N4O13P2/c1-9-17-23-29-33-37-41-45-49-55-61-68-86(66-59-53-27-21-13-5)72-79-102-82-88(95-90(97)70-63-57-51-47-43-39-35-31-25-19-11-3)84-108-110(100,104-76-15-7)106-78-65-74-93-92(99)94-75-81-107-111(101,105-77-16-8)109-85-89(96-91(98)71-64-58-52-48-44-40-36-32-26-20-12-4)83-103-80-73-87(67-60-54-28-22-14-6)69-62-56-50-46-42-38-34-30-24-18-10-2/h1-2,15-16,86-89H,7-8,11-14,19-22,25-28,31-32,35-36,39-40,43-44,47-48,51-54,57-60,63-85H2,3-6H3,(H,95,97)(H,96,98)(H2,93,94,99)/t86-,87-,88-,89-,110?,111?/m1/s1. The molecule has 19 heteroatoms. The van der Waals surface area contributed by atoms with Crippen molar-refractivity contribution in [3.8, 4) is 143 Å². The molecule has 0 bridgehead atoms. The minimum absolute atomic E-state index is 0.0655. The number of unbranched alkanes of at least 4 members (excludes halogenated alkanes) is 28. The molecule has 17 nitrogen and oxygen atoms in total. The highest BCUT2D eigenvalue weighted by Crippen LogP contribution is 2.50. The first kappa shape index (κ1) is 104. The van der Waals surface area contributed by atoms with E-state index in [1.807, 2.05) is 0 Å². The molecule has 0 aliphatic rings. The molecule has 0 heterocycles. The first-order chi connectivity index (χ1) is 54.4. The molecule has 0 saturated carbocycles. The lowest BCUT2D eigenvalue weighted by atomic mass is 9.94. The number of urea groups is 1. The molecule has 0 aliphatic carbocycles. The first-order valence-corrected chi connectivity index (χ1v) is 44.2. The van der Waals surface area contributed by atoms with Crippen LogP contribution in [0.15, 0.2) is 25.3 Å². The van der Waals surface area contributed by atoms with Crippen molar-refractivity contribution < 1.29 is 60.1 Å². The Morgan fingerprint density at radius 2 is 0.667 bits per heavy atom. The van der Waals surface area contributed by atoms with Crippen LogP contribution in [0.25, 0.3) is 0 Å². The lowest BCUT2D eigenvalue weighted by molar-refractivity contribution is -0.123. The summed E-state index contributed by atoms with van der Waals surface area (Å²) in [5, 5.41) is 11.5. The summed E-state index contributed by atoms with van der Waals surface area (Å²) in [4.78, 5) is 40.0. The molecule has 0 aromatic rings. The smallest absolute Gasteiger partial charge is 0.379 e. The van der Waals surface area contributed by atoms with Gasteiger partial charge < -0.3 is 30.7 Å². The Bertz CT molecular complexity index is 3390. The van der Waals surface area contributed by atoms with Gasteiger partial charge in [-0.05, 0) is 175 Å². The highest BCUT2D eigenvalue weighted by atomic mass is 31.2. The van der Waals surface area contributed by atoms with Crippen molar-refractivity contribution in [2.45, 2.75) is 303 Å². The molecule has 111 heavy (non-hydrogen) atoms. The number of carbonyl (C=O) groups excluding carboxylic acids is 3. The van der Waals surface area contributed by atoms with Crippen molar-refractivity contribution in [1.29, 1.82) is 0 Å². The van der Waals surface area contributed by atoms with Crippen molar-refractivity contribution in [1.82, 2.24) is 21.3 Å². The Morgan fingerprint density at radius 3 is 1.02 bits per heavy atom. The molecule has 6 atom stereocenters. The van der Waals surface area contributed by atoms with E-state index in [0.29, 0.717) is 45.3 Å². The summed E-state index contributed by atoms with van der Waals surface area (Å²) in [7, 11) is -8.52. The third-order valence-electron chi connectivity index (χ3n) is 17.3. The zero-order chi connectivity index (χ0) is 81.0. The lowest BCUT2D eigenvalue weighted by Gasteiger charge is -2.23. The number of rotatable bonds is 71. The van der Waals surface area contributed by atoms with Gasteiger partial charge in [-0.3, -0.25) is 36.7 Å². The molecule has 0 spiro atoms. The van der Waals surface area contributed by atoms with Crippen molar-refractivity contribution in [3.05, 3.63) is 25.3 Å². The molecular formula is C92H134N4O13P2. The van der Waals surface area contributed by atoms with Gasteiger partial charge in [0.2, 0.25) is 11.8 Å². The molecule has 610 valence electrons. The van der Waals surface area contributed by atoms with Crippen LogP contribution in [-0.2, 0) is 55.3 Å². The van der Waals surface area contributed by atoms with Gasteiger partial charge in [0.25, 0.3) is 0 Å². The fourth-order valence-electron chi connectivity index (χ4n) is 11.2. The molecule has 2 unspecified atom stereocenters. The topological polar surface area (TPSA) is 207 Å². The monoisotopic (exact) mass is 1560 g/mol. The molecule has 0 fully saturated rings. The number of phosphoric acid groups is 2. The van der Waals surface area contributed by atoms with Crippen LogP contribution in [0, 0.1) is 155 Å². The van der Waals surface area contributed by atoms with E-state index in [2.05, 4.69) is 192 Å². The zero-order valence-corrected chi connectivity index (χ0v) is 70.0. The van der Waals surface area contributed by atoms with Crippen LogP contribution in [0.3, 0.4) is 0 Å². The molecule has 4 amide bonds. The normalized spacial score (nSPS) is 12.2. The quantitative estimate of drug-likeness (QED) is 0.0194. The zero-order valence-electron chi connectivity index (χ0n) is 68.2. The number of terminal acetylenes is 2. The fraction of sp³-hybridized carbons (Fsp3) is 0.663. The predicted octanol–water partition coefficient (Wildman–Crippen LogP) is 18.6. The maximum absolute atomic E-state index is 14.1. The fourth-order valence-corrected chi connectivity index (χ4v) is 13.6. The number of hydrogen-bond donors (Lipinski definition) is 4. The van der Waals surface area contributed by atoms with Gasteiger partial charge in [0.05, 0.1) is 64.9 Å². The minimum atomic E-state index is -4.29. The molecule has 0 rings (SSSR count). The maximum atomic E-state index is 14.1. The van der Waals surface area contributed by atoms with Crippen LogP contribution in [-0.4, -0.2) is 109 Å². The number of phosphoric ester groups is 2. The van der Waals surface area contributed by atoms with Gasteiger partial charge in [-0.1, -0.05) is 244 Å². The summed E-state index contributed by atoms with van der Waals surface area (Å²) in [5.74, 6) is 58.1. The third-order valence-corrected chi connectivity index (χ3v) is 20.2. The van der Waals surface area contributed by atoms with Gasteiger partial charge in [-0.2, -0.15) is 0 Å². The lowest BCUT2D eigenvalue weighted by Crippen LogP contribution is -2.41. The van der Waals surface area contributed by atoms with E-state index >= 15 is 0 Å². The second kappa shape index (κ2) is 80.6. The Labute approximate surface area is 673 Å². The summed E-state index contributed by atoms with van der Waals surface area (Å²) >= 11 is 0. The third kappa shape index (κ3) is 72.5. The average molecular weight is 1570 g/mol. The highest BCUT2D eigenvalue weighted by molar-refractivity contribution is 7.48. The van der Waals surface area contributed by atoms with E-state index in [1.165, 1.54) is 128 Å². The van der Waals surface area contributed by atoms with Gasteiger partial charge in [-0.15, -0.1) is 26.0 Å². The number of hydrogen-bond acceptors (Lipinski definition) is 13. The Morgan fingerprint density at radius 1 is 0.351 bits per heavy atom. The van der Waals surface area contributed by atoms with Crippen LogP contribution in [0.4, 0.5) is 4.79 Å². The van der Waals surface area contributed by atoms with Gasteiger partial charge in [-0.25, -0.2) is 13.9 Å². The maximum Gasteiger partial charge on any atom is 0.475 e. The Kier molecular flexibility index (Phi) is 75.2. The minimum Gasteiger partial charge on any atom is -0.379 e. The largest absolute Gasteiger partial charge is 0.475 e. The van der Waals surface area contributed by atoms with Crippen LogP contribution >= 0.6 is 15.6 Å². The average Bonchev–Trinajstić information content (AvgIpc) is 0.891. The van der Waals surface area contributed by atoms with Crippen molar-refractivity contribution in [3.63, 3.8) is 0 Å². The summed E-state index contributed by atoms with van der Waals surface area (Å²) in [6.07, 6.45) is 55.4. The molecule has 0 aromatic heterocycles.